The highest BCUT2D eigenvalue weighted by Gasteiger charge is 2.02. The molecule has 108 valence electrons. The Morgan fingerprint density at radius 3 is 2.53 bits per heavy atom. The average Bonchev–Trinajstić information content (AvgIpc) is 2.43. The van der Waals surface area contributed by atoms with Gasteiger partial charge in [-0.05, 0) is 29.7 Å². The van der Waals surface area contributed by atoms with Gasteiger partial charge in [0.15, 0.2) is 0 Å². The Morgan fingerprint density at radius 2 is 1.79 bits per heavy atom. The summed E-state index contributed by atoms with van der Waals surface area (Å²) in [7, 11) is 0. The first kappa shape index (κ1) is 16.1. The van der Waals surface area contributed by atoms with E-state index in [4.69, 9.17) is 10.5 Å². The standard InChI is InChI=1S/C16H26FNO/c1-2-3-4-5-6-7-10-19-13-14-8-9-16(17)11-15(14)12-18/h8-9,11H,2-7,10,12-13,18H2,1H3. The number of hydrogen-bond acceptors (Lipinski definition) is 2. The lowest BCUT2D eigenvalue weighted by molar-refractivity contribution is 0.116. The molecule has 2 nitrogen and oxygen atoms in total. The van der Waals surface area contributed by atoms with Crippen molar-refractivity contribution in [2.75, 3.05) is 6.61 Å². The molecule has 0 aromatic heterocycles. The molecule has 1 aromatic rings. The predicted octanol–water partition coefficient (Wildman–Crippen LogP) is 4.16. The fourth-order valence-electron chi connectivity index (χ4n) is 2.09. The predicted molar refractivity (Wildman–Crippen MR) is 77.3 cm³/mol. The molecular formula is C16H26FNO. The van der Waals surface area contributed by atoms with Gasteiger partial charge in [0.2, 0.25) is 0 Å². The van der Waals surface area contributed by atoms with Gasteiger partial charge in [-0.25, -0.2) is 4.39 Å². The topological polar surface area (TPSA) is 35.2 Å². The summed E-state index contributed by atoms with van der Waals surface area (Å²) in [5.74, 6) is -0.236. The van der Waals surface area contributed by atoms with Gasteiger partial charge in [-0.3, -0.25) is 0 Å². The Bertz CT molecular complexity index is 355. The summed E-state index contributed by atoms with van der Waals surface area (Å²) < 4.78 is 18.7. The van der Waals surface area contributed by atoms with E-state index in [9.17, 15) is 4.39 Å². The van der Waals surface area contributed by atoms with Crippen LogP contribution in [0.2, 0.25) is 0 Å². The van der Waals surface area contributed by atoms with Gasteiger partial charge in [0.1, 0.15) is 5.82 Å². The molecule has 0 unspecified atom stereocenters. The van der Waals surface area contributed by atoms with Gasteiger partial charge in [-0.2, -0.15) is 0 Å². The second kappa shape index (κ2) is 9.93. The first-order valence-corrected chi connectivity index (χ1v) is 7.33. The van der Waals surface area contributed by atoms with Crippen molar-refractivity contribution in [1.82, 2.24) is 0 Å². The molecule has 0 radical (unpaired) electrons. The van der Waals surface area contributed by atoms with E-state index >= 15 is 0 Å². The van der Waals surface area contributed by atoms with Gasteiger partial charge in [0.25, 0.3) is 0 Å². The van der Waals surface area contributed by atoms with Crippen molar-refractivity contribution >= 4 is 0 Å². The van der Waals surface area contributed by atoms with E-state index in [1.165, 1.54) is 44.2 Å². The third kappa shape index (κ3) is 6.69. The lowest BCUT2D eigenvalue weighted by Crippen LogP contribution is -2.04. The number of nitrogens with two attached hydrogens (primary N) is 1. The van der Waals surface area contributed by atoms with E-state index in [1.54, 1.807) is 6.07 Å². The summed E-state index contributed by atoms with van der Waals surface area (Å²) >= 11 is 0. The quantitative estimate of drug-likeness (QED) is 0.646. The smallest absolute Gasteiger partial charge is 0.123 e. The van der Waals surface area contributed by atoms with Crippen LogP contribution < -0.4 is 5.73 Å². The molecule has 0 atom stereocenters. The lowest BCUT2D eigenvalue weighted by Gasteiger charge is -2.09. The van der Waals surface area contributed by atoms with Crippen molar-refractivity contribution in [2.45, 2.75) is 58.6 Å². The van der Waals surface area contributed by atoms with Gasteiger partial charge >= 0.3 is 0 Å². The fourth-order valence-corrected chi connectivity index (χ4v) is 2.09. The third-order valence-corrected chi connectivity index (χ3v) is 3.29. The van der Waals surface area contributed by atoms with Crippen molar-refractivity contribution in [1.29, 1.82) is 0 Å². The van der Waals surface area contributed by atoms with Crippen LogP contribution in [0.15, 0.2) is 18.2 Å². The molecule has 0 bridgehead atoms. The van der Waals surface area contributed by atoms with Gasteiger partial charge in [0, 0.05) is 13.2 Å². The summed E-state index contributed by atoms with van der Waals surface area (Å²) in [6.07, 6.45) is 7.56. The third-order valence-electron chi connectivity index (χ3n) is 3.29. The van der Waals surface area contributed by atoms with Crippen molar-refractivity contribution in [3.8, 4) is 0 Å². The van der Waals surface area contributed by atoms with Crippen molar-refractivity contribution < 1.29 is 9.13 Å². The Morgan fingerprint density at radius 1 is 1.05 bits per heavy atom. The van der Waals surface area contributed by atoms with Gasteiger partial charge in [-0.15, -0.1) is 0 Å². The Hall–Kier alpha value is -0.930. The molecule has 1 rings (SSSR count). The van der Waals surface area contributed by atoms with Crippen molar-refractivity contribution in [3.05, 3.63) is 35.1 Å². The number of hydrogen-bond donors (Lipinski definition) is 1. The Kier molecular flexibility index (Phi) is 8.43. The maximum Gasteiger partial charge on any atom is 0.123 e. The largest absolute Gasteiger partial charge is 0.377 e. The molecule has 0 aliphatic rings. The van der Waals surface area contributed by atoms with Crippen LogP contribution >= 0.6 is 0 Å². The summed E-state index contributed by atoms with van der Waals surface area (Å²) in [6, 6.07) is 4.71. The SMILES string of the molecule is CCCCCCCCOCc1ccc(F)cc1CN. The molecule has 0 saturated heterocycles. The van der Waals surface area contributed by atoms with E-state index < -0.39 is 0 Å². The minimum Gasteiger partial charge on any atom is -0.377 e. The molecule has 1 aromatic carbocycles. The summed E-state index contributed by atoms with van der Waals surface area (Å²) in [5, 5.41) is 0. The van der Waals surface area contributed by atoms with Crippen LogP contribution in [0.25, 0.3) is 0 Å². The highest BCUT2D eigenvalue weighted by molar-refractivity contribution is 5.27. The first-order chi connectivity index (χ1) is 9.27. The number of rotatable bonds is 10. The van der Waals surface area contributed by atoms with E-state index in [0.29, 0.717) is 13.2 Å². The number of ether oxygens (including phenoxy) is 1. The monoisotopic (exact) mass is 267 g/mol. The zero-order valence-corrected chi connectivity index (χ0v) is 12.0. The fraction of sp³-hybridized carbons (Fsp3) is 0.625. The molecule has 0 fully saturated rings. The zero-order valence-electron chi connectivity index (χ0n) is 12.0. The van der Waals surface area contributed by atoms with Crippen LogP contribution in [0.1, 0.15) is 56.6 Å². The lowest BCUT2D eigenvalue weighted by atomic mass is 10.1. The average molecular weight is 267 g/mol. The number of benzene rings is 1. The number of unbranched alkanes of at least 4 members (excludes halogenated alkanes) is 5. The maximum atomic E-state index is 13.0. The van der Waals surface area contributed by atoms with Crippen LogP contribution in [-0.4, -0.2) is 6.61 Å². The molecule has 19 heavy (non-hydrogen) atoms. The molecule has 0 aliphatic heterocycles. The Balaban J connectivity index is 2.15. The minimum atomic E-state index is -0.236. The van der Waals surface area contributed by atoms with Crippen LogP contribution in [0.5, 0.6) is 0 Å². The van der Waals surface area contributed by atoms with Crippen LogP contribution in [-0.2, 0) is 17.9 Å². The molecule has 3 heteroatoms. The van der Waals surface area contributed by atoms with Crippen LogP contribution in [0.3, 0.4) is 0 Å². The van der Waals surface area contributed by atoms with Crippen LogP contribution in [0.4, 0.5) is 4.39 Å². The van der Waals surface area contributed by atoms with Crippen LogP contribution in [0, 0.1) is 5.82 Å². The molecule has 2 N–H and O–H groups in total. The highest BCUT2D eigenvalue weighted by Crippen LogP contribution is 2.12. The van der Waals surface area contributed by atoms with E-state index in [2.05, 4.69) is 6.92 Å². The normalized spacial score (nSPS) is 10.9. The molecule has 0 aliphatic carbocycles. The van der Waals surface area contributed by atoms with Gasteiger partial charge in [-0.1, -0.05) is 45.1 Å². The molecule has 0 saturated carbocycles. The molecule has 0 heterocycles. The van der Waals surface area contributed by atoms with E-state index in [0.717, 1.165) is 24.2 Å². The van der Waals surface area contributed by atoms with Crippen molar-refractivity contribution in [2.24, 2.45) is 5.73 Å². The molecule has 0 amide bonds. The van der Waals surface area contributed by atoms with E-state index in [1.807, 2.05) is 0 Å². The van der Waals surface area contributed by atoms with Gasteiger partial charge < -0.3 is 10.5 Å². The second-order valence-electron chi connectivity index (χ2n) is 4.94. The molecule has 0 spiro atoms. The number of halogens is 1. The van der Waals surface area contributed by atoms with Gasteiger partial charge in [0.05, 0.1) is 6.61 Å². The first-order valence-electron chi connectivity index (χ1n) is 7.33. The maximum absolute atomic E-state index is 13.0. The summed E-state index contributed by atoms with van der Waals surface area (Å²) in [4.78, 5) is 0. The van der Waals surface area contributed by atoms with Crippen molar-refractivity contribution in [3.63, 3.8) is 0 Å². The van der Waals surface area contributed by atoms with E-state index in [-0.39, 0.29) is 5.82 Å². The minimum absolute atomic E-state index is 0.236. The second-order valence-corrected chi connectivity index (χ2v) is 4.94. The Labute approximate surface area is 116 Å². The zero-order chi connectivity index (χ0) is 13.9. The summed E-state index contributed by atoms with van der Waals surface area (Å²) in [5.41, 5.74) is 7.43. The molecular weight excluding hydrogens is 241 g/mol. The highest BCUT2D eigenvalue weighted by atomic mass is 19.1. The summed E-state index contributed by atoms with van der Waals surface area (Å²) in [6.45, 7) is 3.88.